The van der Waals surface area contributed by atoms with Crippen molar-refractivity contribution in [3.8, 4) is 0 Å². The highest BCUT2D eigenvalue weighted by molar-refractivity contribution is 5.69. The molecule has 0 saturated carbocycles. The molecule has 2 rings (SSSR count). The molecule has 0 aromatic rings. The van der Waals surface area contributed by atoms with Crippen molar-refractivity contribution in [2.24, 2.45) is 0 Å². The molecule has 0 spiro atoms. The number of unbranched alkanes of at least 4 members (excludes halogenated alkanes) is 14. The van der Waals surface area contributed by atoms with Gasteiger partial charge < -0.3 is 64.2 Å². The Morgan fingerprint density at radius 2 is 1.11 bits per heavy atom. The molecule has 2 aliphatic rings. The molecule has 11 unspecified atom stereocenters. The zero-order valence-corrected chi connectivity index (χ0v) is 31.8. The van der Waals surface area contributed by atoms with E-state index in [0.717, 1.165) is 32.1 Å². The van der Waals surface area contributed by atoms with Gasteiger partial charge in [0.05, 0.1) is 19.8 Å². The molecule has 15 nitrogen and oxygen atoms in total. The summed E-state index contributed by atoms with van der Waals surface area (Å²) in [7, 11) is 0. The summed E-state index contributed by atoms with van der Waals surface area (Å²) >= 11 is 0. The maximum atomic E-state index is 12.6. The smallest absolute Gasteiger partial charge is 0.306 e. The summed E-state index contributed by atoms with van der Waals surface area (Å²) in [4.78, 5) is 24.1. The van der Waals surface area contributed by atoms with Crippen LogP contribution in [0.1, 0.15) is 123 Å². The SMILES string of the molecule is CCCCCCCCC/C=C\CCCCCCCCCC(=O)OC(COC(C)=O)COC1OC(COC2OC(CO)C(O)C(O)C2O)C(O)C(O)C1O. The molecule has 2 heterocycles. The van der Waals surface area contributed by atoms with Crippen molar-refractivity contribution >= 4 is 11.9 Å². The lowest BCUT2D eigenvalue weighted by atomic mass is 9.98. The molecule has 0 aromatic carbocycles. The summed E-state index contributed by atoms with van der Waals surface area (Å²) in [5, 5.41) is 70.9. The summed E-state index contributed by atoms with van der Waals surface area (Å²) in [5.74, 6) is -1.12. The monoisotopic (exact) mass is 764 g/mol. The average Bonchev–Trinajstić information content (AvgIpc) is 3.14. The third-order valence-electron chi connectivity index (χ3n) is 9.55. The standard InChI is InChI=1S/C38H68O15/c1-3-4-5-6-7-8-9-10-11-12-13-14-15-16-17-18-19-20-21-30(41)51-27(23-48-26(2)40)24-49-37-36(47)34(45)32(43)29(53-37)25-50-38-35(46)33(44)31(42)28(22-39)52-38/h11-12,27-29,31-39,42-47H,3-10,13-25H2,1-2H3/b12-11-. The molecular formula is C38H68O15. The van der Waals surface area contributed by atoms with Crippen LogP contribution in [0.15, 0.2) is 12.2 Å². The second-order valence-corrected chi connectivity index (χ2v) is 14.2. The first-order chi connectivity index (χ1) is 25.5. The van der Waals surface area contributed by atoms with Crippen molar-refractivity contribution in [2.45, 2.75) is 191 Å². The Hall–Kier alpha value is -1.76. The first kappa shape index (κ1) is 47.4. The van der Waals surface area contributed by atoms with Crippen molar-refractivity contribution in [1.82, 2.24) is 0 Å². The number of hydrogen-bond donors (Lipinski definition) is 7. The van der Waals surface area contributed by atoms with Crippen LogP contribution in [0.5, 0.6) is 0 Å². The number of aliphatic hydroxyl groups excluding tert-OH is 7. The van der Waals surface area contributed by atoms with Gasteiger partial charge in [-0.2, -0.15) is 0 Å². The second-order valence-electron chi connectivity index (χ2n) is 14.2. The van der Waals surface area contributed by atoms with Crippen molar-refractivity contribution in [3.05, 3.63) is 12.2 Å². The van der Waals surface area contributed by atoms with Crippen molar-refractivity contribution < 1.29 is 73.8 Å². The van der Waals surface area contributed by atoms with Gasteiger partial charge >= 0.3 is 11.9 Å². The summed E-state index contributed by atoms with van der Waals surface area (Å²) in [6, 6.07) is 0. The molecule has 0 amide bonds. The molecule has 310 valence electrons. The normalized spacial score (nSPS) is 29.7. The van der Waals surface area contributed by atoms with Crippen LogP contribution >= 0.6 is 0 Å². The van der Waals surface area contributed by atoms with Gasteiger partial charge in [0.1, 0.15) is 55.4 Å². The first-order valence-corrected chi connectivity index (χ1v) is 19.7. The van der Waals surface area contributed by atoms with E-state index in [-0.39, 0.29) is 13.0 Å². The van der Waals surface area contributed by atoms with Crippen molar-refractivity contribution in [2.75, 3.05) is 26.4 Å². The van der Waals surface area contributed by atoms with Crippen LogP contribution in [-0.4, -0.2) is 142 Å². The summed E-state index contributed by atoms with van der Waals surface area (Å²) in [5.41, 5.74) is 0. The van der Waals surface area contributed by atoms with E-state index in [1.165, 1.54) is 71.1 Å². The van der Waals surface area contributed by atoms with Crippen LogP contribution in [0.2, 0.25) is 0 Å². The third-order valence-corrected chi connectivity index (χ3v) is 9.55. The molecule has 0 aliphatic carbocycles. The summed E-state index contributed by atoms with van der Waals surface area (Å²) in [6.45, 7) is 1.51. The first-order valence-electron chi connectivity index (χ1n) is 19.7. The number of allylic oxidation sites excluding steroid dienone is 2. The van der Waals surface area contributed by atoms with E-state index in [0.29, 0.717) is 6.42 Å². The minimum atomic E-state index is -1.76. The molecule has 11 atom stereocenters. The van der Waals surface area contributed by atoms with Crippen LogP contribution in [-0.2, 0) is 38.0 Å². The van der Waals surface area contributed by atoms with Crippen LogP contribution < -0.4 is 0 Å². The molecule has 2 aliphatic heterocycles. The van der Waals surface area contributed by atoms with Gasteiger partial charge in [0.2, 0.25) is 0 Å². The number of ether oxygens (including phenoxy) is 6. The molecule has 2 fully saturated rings. The zero-order valence-electron chi connectivity index (χ0n) is 31.8. The molecular weight excluding hydrogens is 696 g/mol. The molecule has 2 saturated heterocycles. The molecule has 53 heavy (non-hydrogen) atoms. The fraction of sp³-hybridized carbons (Fsp3) is 0.895. The average molecular weight is 765 g/mol. The van der Waals surface area contributed by atoms with E-state index < -0.39 is 99.3 Å². The quantitative estimate of drug-likeness (QED) is 0.0344. The Morgan fingerprint density at radius 1 is 0.623 bits per heavy atom. The predicted molar refractivity (Wildman–Crippen MR) is 192 cm³/mol. The molecule has 0 aromatic heterocycles. The van der Waals surface area contributed by atoms with Gasteiger partial charge in [-0.15, -0.1) is 0 Å². The number of esters is 2. The number of aliphatic hydroxyl groups is 7. The van der Waals surface area contributed by atoms with Crippen molar-refractivity contribution in [3.63, 3.8) is 0 Å². The van der Waals surface area contributed by atoms with Gasteiger partial charge in [0.15, 0.2) is 18.7 Å². The number of hydrogen-bond acceptors (Lipinski definition) is 15. The number of rotatable bonds is 28. The second kappa shape index (κ2) is 27.8. The van der Waals surface area contributed by atoms with Crippen LogP contribution in [0.3, 0.4) is 0 Å². The molecule has 15 heteroatoms. The van der Waals surface area contributed by atoms with Gasteiger partial charge in [0.25, 0.3) is 0 Å². The van der Waals surface area contributed by atoms with Crippen LogP contribution in [0.25, 0.3) is 0 Å². The highest BCUT2D eigenvalue weighted by Crippen LogP contribution is 2.26. The Labute approximate surface area is 314 Å². The fourth-order valence-corrected chi connectivity index (χ4v) is 6.23. The lowest BCUT2D eigenvalue weighted by molar-refractivity contribution is -0.332. The van der Waals surface area contributed by atoms with Gasteiger partial charge in [-0.25, -0.2) is 0 Å². The third kappa shape index (κ3) is 18.6. The van der Waals surface area contributed by atoms with E-state index in [2.05, 4.69) is 19.1 Å². The van der Waals surface area contributed by atoms with E-state index in [4.69, 9.17) is 28.4 Å². The Balaban J connectivity index is 1.67. The molecule has 0 bridgehead atoms. The van der Waals surface area contributed by atoms with E-state index in [9.17, 15) is 45.3 Å². The Bertz CT molecular complexity index is 997. The predicted octanol–water partition coefficient (Wildman–Crippen LogP) is 2.31. The minimum Gasteiger partial charge on any atom is -0.462 e. The van der Waals surface area contributed by atoms with E-state index in [1.54, 1.807) is 0 Å². The Kier molecular flexibility index (Phi) is 24.8. The zero-order chi connectivity index (χ0) is 39.0. The van der Waals surface area contributed by atoms with Gasteiger partial charge in [-0.1, -0.05) is 89.7 Å². The number of carbonyl (C=O) groups excluding carboxylic acids is 2. The van der Waals surface area contributed by atoms with Gasteiger partial charge in [-0.3, -0.25) is 9.59 Å². The van der Waals surface area contributed by atoms with Gasteiger partial charge in [-0.05, 0) is 32.1 Å². The van der Waals surface area contributed by atoms with Gasteiger partial charge in [0, 0.05) is 13.3 Å². The fourth-order valence-electron chi connectivity index (χ4n) is 6.23. The summed E-state index contributed by atoms with van der Waals surface area (Å²) < 4.78 is 32.4. The van der Waals surface area contributed by atoms with Crippen LogP contribution in [0.4, 0.5) is 0 Å². The maximum absolute atomic E-state index is 12.6. The van der Waals surface area contributed by atoms with Crippen molar-refractivity contribution in [1.29, 1.82) is 0 Å². The molecule has 0 radical (unpaired) electrons. The lowest BCUT2D eigenvalue weighted by Gasteiger charge is -2.42. The lowest BCUT2D eigenvalue weighted by Crippen LogP contribution is -2.61. The maximum Gasteiger partial charge on any atom is 0.306 e. The highest BCUT2D eigenvalue weighted by atomic mass is 16.7. The number of carbonyl (C=O) groups is 2. The van der Waals surface area contributed by atoms with E-state index in [1.807, 2.05) is 0 Å². The minimum absolute atomic E-state index is 0.158. The van der Waals surface area contributed by atoms with E-state index >= 15 is 0 Å². The Morgan fingerprint density at radius 3 is 1.66 bits per heavy atom. The molecule has 7 N–H and O–H groups in total. The summed E-state index contributed by atoms with van der Waals surface area (Å²) in [6.07, 6.45) is 6.70. The van der Waals surface area contributed by atoms with Crippen LogP contribution in [0, 0.1) is 0 Å². The topological polar surface area (TPSA) is 231 Å². The highest BCUT2D eigenvalue weighted by Gasteiger charge is 2.47. The largest absolute Gasteiger partial charge is 0.462 e.